The number of halogens is 2. The second kappa shape index (κ2) is 10.1. The lowest BCUT2D eigenvalue weighted by Crippen LogP contribution is -2.45. The van der Waals surface area contributed by atoms with Crippen molar-refractivity contribution in [3.63, 3.8) is 0 Å². The largest absolute Gasteiger partial charge is 0.379 e. The lowest BCUT2D eigenvalue weighted by atomic mass is 9.94. The minimum absolute atomic E-state index is 0.00264. The first-order valence-electron chi connectivity index (χ1n) is 10.2. The maximum atomic E-state index is 13.1. The Balaban J connectivity index is 1.46. The molecule has 2 heterocycles. The number of nitrogens with zero attached hydrogens (tertiary/aromatic N) is 1. The molecule has 6 nitrogen and oxygen atoms in total. The van der Waals surface area contributed by atoms with Crippen molar-refractivity contribution in [3.8, 4) is 0 Å². The molecule has 2 fully saturated rings. The van der Waals surface area contributed by atoms with Gasteiger partial charge in [-0.1, -0.05) is 53.5 Å². The third-order valence-corrected chi connectivity index (χ3v) is 6.36. The van der Waals surface area contributed by atoms with Crippen LogP contribution in [0.2, 0.25) is 10.0 Å². The summed E-state index contributed by atoms with van der Waals surface area (Å²) in [4.78, 5) is 15.4. The molecule has 8 heteroatoms. The van der Waals surface area contributed by atoms with Gasteiger partial charge in [0.15, 0.2) is 0 Å². The number of rotatable bonds is 6. The van der Waals surface area contributed by atoms with Crippen molar-refractivity contribution >= 4 is 29.1 Å². The average molecular weight is 449 g/mol. The summed E-state index contributed by atoms with van der Waals surface area (Å²) in [6.07, 6.45) is 0. The van der Waals surface area contributed by atoms with Crippen molar-refractivity contribution in [3.05, 3.63) is 69.7 Å². The molecular formula is C22H26Cl2N4O2. The van der Waals surface area contributed by atoms with Gasteiger partial charge in [0.2, 0.25) is 5.91 Å². The number of carbonyl (C=O) groups is 1. The number of hydrogen-bond donors (Lipinski definition) is 3. The Labute approximate surface area is 186 Å². The van der Waals surface area contributed by atoms with Crippen LogP contribution in [0.4, 0.5) is 0 Å². The maximum Gasteiger partial charge on any atom is 0.226 e. The van der Waals surface area contributed by atoms with Gasteiger partial charge < -0.3 is 10.1 Å². The molecule has 0 radical (unpaired) electrons. The van der Waals surface area contributed by atoms with E-state index >= 15 is 0 Å². The van der Waals surface area contributed by atoms with E-state index in [1.54, 1.807) is 0 Å². The van der Waals surface area contributed by atoms with Gasteiger partial charge in [0.1, 0.15) is 0 Å². The van der Waals surface area contributed by atoms with Gasteiger partial charge >= 0.3 is 0 Å². The summed E-state index contributed by atoms with van der Waals surface area (Å²) in [7, 11) is 0. The Morgan fingerprint density at radius 3 is 2.60 bits per heavy atom. The van der Waals surface area contributed by atoms with E-state index in [1.165, 1.54) is 0 Å². The zero-order valence-corrected chi connectivity index (χ0v) is 18.1. The molecular weight excluding hydrogens is 423 g/mol. The van der Waals surface area contributed by atoms with E-state index in [0.29, 0.717) is 36.3 Å². The van der Waals surface area contributed by atoms with Crippen LogP contribution in [0, 0.1) is 5.92 Å². The van der Waals surface area contributed by atoms with Crippen molar-refractivity contribution in [1.29, 1.82) is 0 Å². The monoisotopic (exact) mass is 448 g/mol. The number of amides is 1. The van der Waals surface area contributed by atoms with Crippen LogP contribution in [0.1, 0.15) is 23.2 Å². The zero-order chi connectivity index (χ0) is 20.9. The minimum Gasteiger partial charge on any atom is -0.379 e. The average Bonchev–Trinajstić information content (AvgIpc) is 3.26. The topological polar surface area (TPSA) is 65.6 Å². The molecule has 0 aromatic heterocycles. The summed E-state index contributed by atoms with van der Waals surface area (Å²) in [5.74, 6) is -0.208. The van der Waals surface area contributed by atoms with Crippen molar-refractivity contribution in [2.24, 2.45) is 5.92 Å². The Hall–Kier alpha value is -1.67. The van der Waals surface area contributed by atoms with E-state index in [-0.39, 0.29) is 23.9 Å². The van der Waals surface area contributed by atoms with Crippen LogP contribution in [0.5, 0.6) is 0 Å². The molecule has 0 spiro atoms. The van der Waals surface area contributed by atoms with Gasteiger partial charge in [-0.3, -0.25) is 15.1 Å². The highest BCUT2D eigenvalue weighted by Gasteiger charge is 2.34. The maximum absolute atomic E-state index is 13.1. The summed E-state index contributed by atoms with van der Waals surface area (Å²) < 4.78 is 5.51. The standard InChI is InChI=1S/C22H26Cl2N4O2/c23-16-7-5-15(6-8-16)21-18(13-26-27-21)22(29)25-14-20(28-9-11-30-12-10-28)17-3-1-2-4-19(17)24/h1-8,18,20-21,26-27H,9-14H2,(H,25,29). The van der Waals surface area contributed by atoms with E-state index in [1.807, 2.05) is 48.5 Å². The molecule has 0 saturated carbocycles. The normalized spacial score (nSPS) is 23.3. The Kier molecular flexibility index (Phi) is 7.25. The molecule has 0 aliphatic carbocycles. The van der Waals surface area contributed by atoms with Crippen LogP contribution in [-0.4, -0.2) is 50.2 Å². The van der Waals surface area contributed by atoms with E-state index < -0.39 is 0 Å². The molecule has 2 aliphatic rings. The molecule has 4 rings (SSSR count). The summed E-state index contributed by atoms with van der Waals surface area (Å²) in [6.45, 7) is 4.05. The number of carbonyl (C=O) groups excluding carboxylic acids is 1. The molecule has 3 atom stereocenters. The fourth-order valence-electron chi connectivity index (χ4n) is 4.13. The number of nitrogens with one attached hydrogen (secondary N) is 3. The highest BCUT2D eigenvalue weighted by atomic mass is 35.5. The number of hydrogen-bond acceptors (Lipinski definition) is 5. The van der Waals surface area contributed by atoms with Crippen molar-refractivity contribution in [2.75, 3.05) is 39.4 Å². The first-order chi connectivity index (χ1) is 14.6. The van der Waals surface area contributed by atoms with Gasteiger partial charge in [-0.2, -0.15) is 0 Å². The van der Waals surface area contributed by atoms with Crippen molar-refractivity contribution in [1.82, 2.24) is 21.1 Å². The predicted molar refractivity (Wildman–Crippen MR) is 118 cm³/mol. The first-order valence-corrected chi connectivity index (χ1v) is 11.0. The van der Waals surface area contributed by atoms with Crippen LogP contribution in [0.15, 0.2) is 48.5 Å². The highest BCUT2D eigenvalue weighted by Crippen LogP contribution is 2.29. The Morgan fingerprint density at radius 1 is 1.13 bits per heavy atom. The molecule has 160 valence electrons. The molecule has 2 aromatic rings. The molecule has 1 amide bonds. The number of benzene rings is 2. The third kappa shape index (κ3) is 4.97. The van der Waals surface area contributed by atoms with Gasteiger partial charge in [-0.05, 0) is 29.3 Å². The third-order valence-electron chi connectivity index (χ3n) is 5.77. The molecule has 30 heavy (non-hydrogen) atoms. The van der Waals surface area contributed by atoms with Crippen LogP contribution in [0.25, 0.3) is 0 Å². The second-order valence-corrected chi connectivity index (χ2v) is 8.44. The number of hydrazine groups is 1. The smallest absolute Gasteiger partial charge is 0.226 e. The summed E-state index contributed by atoms with van der Waals surface area (Å²) in [6, 6.07) is 15.3. The minimum atomic E-state index is -0.220. The van der Waals surface area contributed by atoms with Gasteiger partial charge in [0, 0.05) is 36.2 Å². The van der Waals surface area contributed by atoms with Gasteiger partial charge in [0.25, 0.3) is 0 Å². The number of morpholine rings is 1. The van der Waals surface area contributed by atoms with E-state index in [2.05, 4.69) is 21.1 Å². The predicted octanol–water partition coefficient (Wildman–Crippen LogP) is 2.95. The van der Waals surface area contributed by atoms with Crippen molar-refractivity contribution < 1.29 is 9.53 Å². The van der Waals surface area contributed by atoms with E-state index in [9.17, 15) is 4.79 Å². The second-order valence-electron chi connectivity index (χ2n) is 7.59. The van der Waals surface area contributed by atoms with Gasteiger partial charge in [-0.25, -0.2) is 5.43 Å². The van der Waals surface area contributed by atoms with Crippen LogP contribution < -0.4 is 16.2 Å². The Bertz CT molecular complexity index is 858. The zero-order valence-electron chi connectivity index (χ0n) is 16.6. The van der Waals surface area contributed by atoms with Gasteiger partial charge in [0.05, 0.1) is 31.2 Å². The molecule has 3 N–H and O–H groups in total. The SMILES string of the molecule is O=C(NCC(c1ccccc1Cl)N1CCOCC1)C1CNNC1c1ccc(Cl)cc1. The Morgan fingerprint density at radius 2 is 1.87 bits per heavy atom. The van der Waals surface area contributed by atoms with Crippen LogP contribution >= 0.6 is 23.2 Å². The molecule has 3 unspecified atom stereocenters. The lowest BCUT2D eigenvalue weighted by Gasteiger charge is -2.35. The summed E-state index contributed by atoms with van der Waals surface area (Å²) in [5.41, 5.74) is 8.38. The van der Waals surface area contributed by atoms with Gasteiger partial charge in [-0.15, -0.1) is 0 Å². The number of ether oxygens (including phenoxy) is 1. The van der Waals surface area contributed by atoms with Crippen LogP contribution in [0.3, 0.4) is 0 Å². The first kappa shape index (κ1) is 21.6. The quantitative estimate of drug-likeness (QED) is 0.633. The molecule has 2 aromatic carbocycles. The fourth-order valence-corrected chi connectivity index (χ4v) is 4.51. The molecule has 2 saturated heterocycles. The lowest BCUT2D eigenvalue weighted by molar-refractivity contribution is -0.125. The summed E-state index contributed by atoms with van der Waals surface area (Å²) in [5, 5.41) is 4.57. The summed E-state index contributed by atoms with van der Waals surface area (Å²) >= 11 is 12.5. The molecule has 0 bridgehead atoms. The van der Waals surface area contributed by atoms with Crippen LogP contribution in [-0.2, 0) is 9.53 Å². The van der Waals surface area contributed by atoms with Crippen molar-refractivity contribution in [2.45, 2.75) is 12.1 Å². The fraction of sp³-hybridized carbons (Fsp3) is 0.409. The van der Waals surface area contributed by atoms with E-state index in [4.69, 9.17) is 27.9 Å². The van der Waals surface area contributed by atoms with E-state index in [0.717, 1.165) is 24.2 Å². The highest BCUT2D eigenvalue weighted by molar-refractivity contribution is 6.31. The molecule has 2 aliphatic heterocycles.